The molecular weight excluding hydrogens is 274 g/mol. The number of rotatable bonds is 5. The van der Waals surface area contributed by atoms with Gasteiger partial charge < -0.3 is 16.2 Å². The number of nitrogens with one attached hydrogen (secondary N) is 1. The first-order valence-corrected chi connectivity index (χ1v) is 8.43. The highest BCUT2D eigenvalue weighted by atomic mass is 16.3. The summed E-state index contributed by atoms with van der Waals surface area (Å²) in [5, 5.41) is 13.1. The topological polar surface area (TPSA) is 70.6 Å². The Morgan fingerprint density at radius 1 is 1.23 bits per heavy atom. The molecule has 120 valence electrons. The molecule has 2 aliphatic rings. The van der Waals surface area contributed by atoms with Crippen LogP contribution in [0.25, 0.3) is 0 Å². The van der Waals surface area contributed by atoms with Gasteiger partial charge in [-0.05, 0) is 37.2 Å². The first kappa shape index (κ1) is 15.3. The number of nitrogens with two attached hydrogens (primary N) is 1. The van der Waals surface area contributed by atoms with Gasteiger partial charge in [-0.1, -0.05) is 43.2 Å². The van der Waals surface area contributed by atoms with Crippen LogP contribution in [-0.2, 0) is 0 Å². The standard InChI is InChI=1S/C18H27N3O/c19-17(21-16-8-4-5-9-16)20-12-18(13-22)10-15(11-18)14-6-2-1-3-7-14/h1-3,6-7,15-16,22H,4-5,8-13H2,(H3,19,20,21). The Kier molecular flexibility index (Phi) is 4.67. The zero-order chi connectivity index (χ0) is 15.4. The van der Waals surface area contributed by atoms with Crippen LogP contribution < -0.4 is 11.1 Å². The van der Waals surface area contributed by atoms with Gasteiger partial charge >= 0.3 is 0 Å². The fourth-order valence-electron chi connectivity index (χ4n) is 3.83. The van der Waals surface area contributed by atoms with Gasteiger partial charge in [-0.15, -0.1) is 0 Å². The number of guanidine groups is 1. The van der Waals surface area contributed by atoms with Crippen molar-refractivity contribution in [1.82, 2.24) is 5.32 Å². The van der Waals surface area contributed by atoms with E-state index in [-0.39, 0.29) is 12.0 Å². The summed E-state index contributed by atoms with van der Waals surface area (Å²) < 4.78 is 0. The summed E-state index contributed by atoms with van der Waals surface area (Å²) in [5.41, 5.74) is 7.28. The predicted octanol–water partition coefficient (Wildman–Crippen LogP) is 2.39. The summed E-state index contributed by atoms with van der Waals surface area (Å²) in [4.78, 5) is 4.50. The molecule has 1 aromatic carbocycles. The van der Waals surface area contributed by atoms with Crippen LogP contribution in [0.4, 0.5) is 0 Å². The van der Waals surface area contributed by atoms with E-state index in [9.17, 15) is 5.11 Å². The van der Waals surface area contributed by atoms with Crippen molar-refractivity contribution >= 4 is 5.96 Å². The quantitative estimate of drug-likeness (QED) is 0.577. The van der Waals surface area contributed by atoms with Gasteiger partial charge in [-0.25, -0.2) is 0 Å². The summed E-state index contributed by atoms with van der Waals surface area (Å²) in [6.45, 7) is 0.814. The molecular formula is C18H27N3O. The third-order valence-corrected chi connectivity index (χ3v) is 5.26. The largest absolute Gasteiger partial charge is 0.396 e. The van der Waals surface area contributed by atoms with Gasteiger partial charge in [0.25, 0.3) is 0 Å². The Bertz CT molecular complexity index is 502. The highest BCUT2D eigenvalue weighted by Gasteiger charge is 2.44. The highest BCUT2D eigenvalue weighted by molar-refractivity contribution is 5.78. The minimum absolute atomic E-state index is 0.0809. The number of benzene rings is 1. The van der Waals surface area contributed by atoms with Crippen molar-refractivity contribution in [3.8, 4) is 0 Å². The Labute approximate surface area is 132 Å². The molecule has 0 unspecified atom stereocenters. The number of hydrogen-bond donors (Lipinski definition) is 3. The van der Waals surface area contributed by atoms with E-state index in [1.54, 1.807) is 0 Å². The number of hydrogen-bond acceptors (Lipinski definition) is 2. The van der Waals surface area contributed by atoms with E-state index < -0.39 is 0 Å². The summed E-state index contributed by atoms with van der Waals surface area (Å²) in [6.07, 6.45) is 6.94. The number of aliphatic hydroxyl groups is 1. The van der Waals surface area contributed by atoms with Crippen LogP contribution in [0.3, 0.4) is 0 Å². The molecule has 0 heterocycles. The summed E-state index contributed by atoms with van der Waals surface area (Å²) >= 11 is 0. The van der Waals surface area contributed by atoms with Crippen molar-refractivity contribution in [2.24, 2.45) is 16.1 Å². The molecule has 0 saturated heterocycles. The van der Waals surface area contributed by atoms with Crippen LogP contribution in [0.1, 0.15) is 50.0 Å². The van der Waals surface area contributed by atoms with Crippen molar-refractivity contribution in [3.05, 3.63) is 35.9 Å². The van der Waals surface area contributed by atoms with Crippen LogP contribution in [0.5, 0.6) is 0 Å². The fraction of sp³-hybridized carbons (Fsp3) is 0.611. The van der Waals surface area contributed by atoms with Crippen molar-refractivity contribution in [3.63, 3.8) is 0 Å². The monoisotopic (exact) mass is 301 g/mol. The van der Waals surface area contributed by atoms with Crippen molar-refractivity contribution in [2.45, 2.75) is 50.5 Å². The van der Waals surface area contributed by atoms with E-state index >= 15 is 0 Å². The van der Waals surface area contributed by atoms with Crippen LogP contribution in [-0.4, -0.2) is 30.3 Å². The predicted molar refractivity (Wildman–Crippen MR) is 89.8 cm³/mol. The molecule has 2 saturated carbocycles. The first-order chi connectivity index (χ1) is 10.7. The first-order valence-electron chi connectivity index (χ1n) is 8.43. The van der Waals surface area contributed by atoms with E-state index in [0.29, 0.717) is 24.5 Å². The van der Waals surface area contributed by atoms with E-state index in [2.05, 4.69) is 34.6 Å². The van der Waals surface area contributed by atoms with Crippen LogP contribution in [0, 0.1) is 5.41 Å². The molecule has 0 amide bonds. The van der Waals surface area contributed by atoms with Gasteiger partial charge in [0.2, 0.25) is 0 Å². The van der Waals surface area contributed by atoms with E-state index in [0.717, 1.165) is 12.8 Å². The molecule has 4 nitrogen and oxygen atoms in total. The Morgan fingerprint density at radius 2 is 1.91 bits per heavy atom. The second kappa shape index (κ2) is 6.69. The molecule has 1 aromatic rings. The van der Waals surface area contributed by atoms with E-state index in [1.165, 1.54) is 31.2 Å². The lowest BCUT2D eigenvalue weighted by molar-refractivity contribution is 0.0341. The van der Waals surface area contributed by atoms with Crippen molar-refractivity contribution in [1.29, 1.82) is 0 Å². The molecule has 0 aromatic heterocycles. The highest BCUT2D eigenvalue weighted by Crippen LogP contribution is 2.50. The average Bonchev–Trinajstić information content (AvgIpc) is 3.00. The van der Waals surface area contributed by atoms with Crippen LogP contribution in [0.15, 0.2) is 35.3 Å². The Hall–Kier alpha value is -1.55. The lowest BCUT2D eigenvalue weighted by atomic mass is 9.60. The van der Waals surface area contributed by atoms with Gasteiger partial charge in [0.05, 0.1) is 13.2 Å². The molecule has 4 heteroatoms. The van der Waals surface area contributed by atoms with Gasteiger partial charge in [0, 0.05) is 11.5 Å². The molecule has 0 atom stereocenters. The molecule has 22 heavy (non-hydrogen) atoms. The molecule has 0 radical (unpaired) electrons. The minimum Gasteiger partial charge on any atom is -0.396 e. The Balaban J connectivity index is 1.52. The van der Waals surface area contributed by atoms with Gasteiger partial charge in [-0.2, -0.15) is 0 Å². The smallest absolute Gasteiger partial charge is 0.188 e. The maximum Gasteiger partial charge on any atom is 0.188 e. The maximum absolute atomic E-state index is 9.77. The van der Waals surface area contributed by atoms with Gasteiger partial charge in [0.15, 0.2) is 5.96 Å². The maximum atomic E-state index is 9.77. The van der Waals surface area contributed by atoms with Gasteiger partial charge in [0.1, 0.15) is 0 Å². The number of aliphatic imine (C=N–C) groups is 1. The third-order valence-electron chi connectivity index (χ3n) is 5.26. The zero-order valence-corrected chi connectivity index (χ0v) is 13.2. The normalized spacial score (nSPS) is 29.3. The second-order valence-corrected chi connectivity index (χ2v) is 7.00. The molecule has 0 aliphatic heterocycles. The Morgan fingerprint density at radius 3 is 2.55 bits per heavy atom. The van der Waals surface area contributed by atoms with E-state index in [1.807, 2.05) is 6.07 Å². The molecule has 0 bridgehead atoms. The molecule has 3 rings (SSSR count). The second-order valence-electron chi connectivity index (χ2n) is 7.00. The number of aliphatic hydroxyl groups excluding tert-OH is 1. The molecule has 4 N–H and O–H groups in total. The van der Waals surface area contributed by atoms with Crippen LogP contribution >= 0.6 is 0 Å². The summed E-state index contributed by atoms with van der Waals surface area (Å²) in [7, 11) is 0. The lowest BCUT2D eigenvalue weighted by Gasteiger charge is -2.46. The van der Waals surface area contributed by atoms with Crippen LogP contribution in [0.2, 0.25) is 0 Å². The third kappa shape index (κ3) is 3.43. The molecule has 0 spiro atoms. The SMILES string of the molecule is NC(=NCC1(CO)CC(c2ccccc2)C1)NC1CCCC1. The molecule has 2 fully saturated rings. The average molecular weight is 301 g/mol. The fourth-order valence-corrected chi connectivity index (χ4v) is 3.83. The summed E-state index contributed by atoms with van der Waals surface area (Å²) in [5.74, 6) is 1.09. The minimum atomic E-state index is -0.0809. The molecule has 2 aliphatic carbocycles. The number of nitrogens with zero attached hydrogens (tertiary/aromatic N) is 1. The lowest BCUT2D eigenvalue weighted by Crippen LogP contribution is -2.44. The van der Waals surface area contributed by atoms with Crippen molar-refractivity contribution in [2.75, 3.05) is 13.2 Å². The zero-order valence-electron chi connectivity index (χ0n) is 13.2. The van der Waals surface area contributed by atoms with E-state index in [4.69, 9.17) is 5.73 Å². The summed E-state index contributed by atoms with van der Waals surface area (Å²) in [6, 6.07) is 11.0. The van der Waals surface area contributed by atoms with Gasteiger partial charge in [-0.3, -0.25) is 4.99 Å². The van der Waals surface area contributed by atoms with Crippen molar-refractivity contribution < 1.29 is 5.11 Å².